The molecule has 0 bridgehead atoms. The van der Waals surface area contributed by atoms with Crippen molar-refractivity contribution in [2.75, 3.05) is 41.3 Å². The summed E-state index contributed by atoms with van der Waals surface area (Å²) in [5.74, 6) is 0.179. The van der Waals surface area contributed by atoms with Crippen LogP contribution in [0.15, 0.2) is 12.1 Å². The number of carbonyl (C=O) groups is 3. The number of thiophene rings is 2. The lowest BCUT2D eigenvalue weighted by molar-refractivity contribution is -0.130. The predicted octanol–water partition coefficient (Wildman–Crippen LogP) is 2.04. The number of tetrazole rings is 1. The molecule has 3 aromatic rings. The van der Waals surface area contributed by atoms with E-state index in [1.165, 1.54) is 22.7 Å². The molecule has 0 aromatic carbocycles. The third kappa shape index (κ3) is 5.32. The fourth-order valence-electron chi connectivity index (χ4n) is 5.89. The molecule has 4 heterocycles. The second kappa shape index (κ2) is 11.9. The fraction of sp³-hybridized carbons (Fsp3) is 0.536. The van der Waals surface area contributed by atoms with E-state index in [-0.39, 0.29) is 36.3 Å². The minimum atomic E-state index is -0.919. The SMILES string of the molecule is C[C@@H](CC1(c2nn[nH]n2)c2sc(C(=O)N(C)C)cc2CCc2cc(C(=O)N(C)C)sc21)NCC(=O)N1CCCC1C#N. The van der Waals surface area contributed by atoms with E-state index in [4.69, 9.17) is 0 Å². The molecule has 12 nitrogen and oxygen atoms in total. The molecule has 1 fully saturated rings. The number of hydrogen-bond donors (Lipinski definition) is 2. The minimum absolute atomic E-state index is 0.0839. The highest BCUT2D eigenvalue weighted by Crippen LogP contribution is 2.52. The summed E-state index contributed by atoms with van der Waals surface area (Å²) in [4.78, 5) is 47.2. The third-order valence-corrected chi connectivity index (χ3v) is 10.6. The topological polar surface area (TPSA) is 151 Å². The van der Waals surface area contributed by atoms with E-state index in [0.717, 1.165) is 27.3 Å². The molecule has 1 saturated heterocycles. The smallest absolute Gasteiger partial charge is 0.263 e. The molecule has 14 heteroatoms. The van der Waals surface area contributed by atoms with Gasteiger partial charge in [0.05, 0.1) is 22.4 Å². The number of H-pyrrole nitrogens is 1. The van der Waals surface area contributed by atoms with Gasteiger partial charge >= 0.3 is 0 Å². The van der Waals surface area contributed by atoms with Gasteiger partial charge in [-0.05, 0) is 62.3 Å². The number of aromatic nitrogens is 4. The highest BCUT2D eigenvalue weighted by molar-refractivity contribution is 7.16. The molecule has 3 amide bonds. The van der Waals surface area contributed by atoms with Crippen LogP contribution in [0.2, 0.25) is 0 Å². The van der Waals surface area contributed by atoms with E-state index in [1.807, 2.05) is 19.1 Å². The molecule has 0 spiro atoms. The largest absolute Gasteiger partial charge is 0.344 e. The number of carbonyl (C=O) groups excluding carboxylic acids is 3. The minimum Gasteiger partial charge on any atom is -0.344 e. The first-order chi connectivity index (χ1) is 20.1. The number of hydrogen-bond acceptors (Lipinski definition) is 10. The van der Waals surface area contributed by atoms with E-state index < -0.39 is 5.41 Å². The Labute approximate surface area is 252 Å². The monoisotopic (exact) mass is 609 g/mol. The molecule has 2 aliphatic rings. The second-order valence-corrected chi connectivity index (χ2v) is 13.4. The molecule has 2 atom stereocenters. The molecule has 222 valence electrons. The van der Waals surface area contributed by atoms with Gasteiger partial charge in [-0.2, -0.15) is 10.5 Å². The number of rotatable bonds is 8. The van der Waals surface area contributed by atoms with Gasteiger partial charge in [-0.3, -0.25) is 14.4 Å². The standard InChI is InChI=1S/C28H35N9O3S2/c1-16(30-15-22(38)37-10-6-7-19(37)14-29)13-28(27-31-33-34-32-27)23-17(11-20(41-23)25(39)35(2)3)8-9-18-12-21(42-24(18)28)26(40)36(4)5/h11-12,16,19,30H,6-10,13,15H2,1-5H3,(H,31,32,33,34)/t16-,19?/m0/s1. The Hall–Kier alpha value is -3.67. The summed E-state index contributed by atoms with van der Waals surface area (Å²) in [7, 11) is 6.93. The lowest BCUT2D eigenvalue weighted by Gasteiger charge is -2.33. The maximum Gasteiger partial charge on any atom is 0.263 e. The number of nitrogens with zero attached hydrogens (tertiary/aromatic N) is 7. The van der Waals surface area contributed by atoms with Crippen molar-refractivity contribution in [3.05, 3.63) is 48.6 Å². The lowest BCUT2D eigenvalue weighted by Crippen LogP contribution is -2.45. The van der Waals surface area contributed by atoms with Crippen LogP contribution in [0, 0.1) is 11.3 Å². The van der Waals surface area contributed by atoms with Crippen molar-refractivity contribution >= 4 is 40.4 Å². The van der Waals surface area contributed by atoms with E-state index in [0.29, 0.717) is 47.8 Å². The highest BCUT2D eigenvalue weighted by Gasteiger charge is 2.49. The van der Waals surface area contributed by atoms with Gasteiger partial charge < -0.3 is 20.0 Å². The van der Waals surface area contributed by atoms with E-state index >= 15 is 0 Å². The molecule has 2 N–H and O–H groups in total. The second-order valence-electron chi connectivity index (χ2n) is 11.3. The van der Waals surface area contributed by atoms with Gasteiger partial charge in [0, 0.05) is 50.5 Å². The summed E-state index contributed by atoms with van der Waals surface area (Å²) < 4.78 is 0. The Bertz CT molecular complexity index is 1450. The van der Waals surface area contributed by atoms with Gasteiger partial charge in [-0.25, -0.2) is 0 Å². The van der Waals surface area contributed by atoms with Crippen LogP contribution >= 0.6 is 22.7 Å². The number of aromatic amines is 1. The maximum atomic E-state index is 13.1. The number of nitrogens with one attached hydrogen (secondary N) is 2. The predicted molar refractivity (Wildman–Crippen MR) is 159 cm³/mol. The number of fused-ring (bicyclic) bond motifs is 2. The van der Waals surface area contributed by atoms with Crippen LogP contribution in [0.5, 0.6) is 0 Å². The van der Waals surface area contributed by atoms with Crippen molar-refractivity contribution in [3.63, 3.8) is 0 Å². The summed E-state index contributed by atoms with van der Waals surface area (Å²) >= 11 is 2.85. The van der Waals surface area contributed by atoms with Crippen molar-refractivity contribution in [2.24, 2.45) is 0 Å². The Balaban J connectivity index is 1.59. The van der Waals surface area contributed by atoms with Crippen LogP contribution in [-0.4, -0.2) is 106 Å². The average Bonchev–Trinajstić information content (AvgIpc) is 3.78. The van der Waals surface area contributed by atoms with Crippen molar-refractivity contribution in [1.82, 2.24) is 40.6 Å². The van der Waals surface area contributed by atoms with Gasteiger partial charge in [-0.15, -0.1) is 32.9 Å². The van der Waals surface area contributed by atoms with Crippen LogP contribution < -0.4 is 5.32 Å². The molecule has 3 aromatic heterocycles. The van der Waals surface area contributed by atoms with Crippen LogP contribution in [0.25, 0.3) is 0 Å². The Morgan fingerprint density at radius 1 is 1.12 bits per heavy atom. The third-order valence-electron chi connectivity index (χ3n) is 7.95. The van der Waals surface area contributed by atoms with Crippen LogP contribution in [-0.2, 0) is 23.1 Å². The molecular weight excluding hydrogens is 575 g/mol. The fourth-order valence-corrected chi connectivity index (χ4v) is 8.82. The zero-order valence-corrected chi connectivity index (χ0v) is 26.1. The summed E-state index contributed by atoms with van der Waals surface area (Å²) in [6.45, 7) is 2.68. The molecule has 1 unspecified atom stereocenters. The number of aryl methyl sites for hydroxylation is 2. The Morgan fingerprint density at radius 2 is 1.71 bits per heavy atom. The first-order valence-corrected chi connectivity index (χ1v) is 15.6. The van der Waals surface area contributed by atoms with E-state index in [9.17, 15) is 19.6 Å². The lowest BCUT2D eigenvalue weighted by atomic mass is 9.76. The first kappa shape index (κ1) is 29.8. The Morgan fingerprint density at radius 3 is 2.21 bits per heavy atom. The molecule has 1 aliphatic heterocycles. The summed E-state index contributed by atoms with van der Waals surface area (Å²) in [5, 5.41) is 28.4. The highest BCUT2D eigenvalue weighted by atomic mass is 32.1. The van der Waals surface area contributed by atoms with Gasteiger partial charge in [-0.1, -0.05) is 5.21 Å². The van der Waals surface area contributed by atoms with Gasteiger partial charge in [0.2, 0.25) is 5.91 Å². The first-order valence-electron chi connectivity index (χ1n) is 13.9. The van der Waals surface area contributed by atoms with Gasteiger partial charge in [0.15, 0.2) is 5.82 Å². The average molecular weight is 610 g/mol. The van der Waals surface area contributed by atoms with E-state index in [2.05, 4.69) is 32.0 Å². The zero-order chi connectivity index (χ0) is 30.2. The maximum absolute atomic E-state index is 13.1. The van der Waals surface area contributed by atoms with Gasteiger partial charge in [0.1, 0.15) is 11.5 Å². The van der Waals surface area contributed by atoms with E-state index in [1.54, 1.807) is 42.9 Å². The van der Waals surface area contributed by atoms with Crippen molar-refractivity contribution in [2.45, 2.75) is 56.5 Å². The molecule has 42 heavy (non-hydrogen) atoms. The molecule has 0 saturated carbocycles. The number of likely N-dealkylation sites (tertiary alicyclic amines) is 1. The normalized spacial score (nSPS) is 18.0. The molecule has 0 radical (unpaired) electrons. The van der Waals surface area contributed by atoms with Crippen LogP contribution in [0.1, 0.15) is 72.2 Å². The van der Waals surface area contributed by atoms with Crippen LogP contribution in [0.3, 0.4) is 0 Å². The molecular formula is C28H35N9O3S2. The number of amides is 3. The summed E-state index contributed by atoms with van der Waals surface area (Å²) in [5.41, 5.74) is 1.16. The van der Waals surface area contributed by atoms with Crippen molar-refractivity contribution in [3.8, 4) is 6.07 Å². The quantitative estimate of drug-likeness (QED) is 0.394. The van der Waals surface area contributed by atoms with Crippen molar-refractivity contribution in [1.29, 1.82) is 5.26 Å². The molecule has 1 aliphatic carbocycles. The summed E-state index contributed by atoms with van der Waals surface area (Å²) in [6.07, 6.45) is 3.36. The van der Waals surface area contributed by atoms with Crippen LogP contribution in [0.4, 0.5) is 0 Å². The van der Waals surface area contributed by atoms with Crippen molar-refractivity contribution < 1.29 is 14.4 Å². The Kier molecular flexibility index (Phi) is 8.45. The zero-order valence-electron chi connectivity index (χ0n) is 24.4. The number of nitriles is 1. The molecule has 5 rings (SSSR count). The summed E-state index contributed by atoms with van der Waals surface area (Å²) in [6, 6.07) is 5.58. The van der Waals surface area contributed by atoms with Gasteiger partial charge in [0.25, 0.3) is 11.8 Å².